The number of benzene rings is 1. The Bertz CT molecular complexity index is 1140. The number of nitrogens with one attached hydrogen (secondary N) is 1. The van der Waals surface area contributed by atoms with Gasteiger partial charge in [0, 0.05) is 11.9 Å². The molecular weight excluding hydrogens is 386 g/mol. The summed E-state index contributed by atoms with van der Waals surface area (Å²) in [5.74, 6) is -0.361. The minimum Gasteiger partial charge on any atom is -0.435 e. The number of anilines is 1. The second-order valence-corrected chi connectivity index (χ2v) is 6.86. The average Bonchev–Trinajstić information content (AvgIpc) is 3.32. The van der Waals surface area contributed by atoms with Crippen molar-refractivity contribution in [2.24, 2.45) is 0 Å². The van der Waals surface area contributed by atoms with E-state index in [2.05, 4.69) is 20.1 Å². The highest BCUT2D eigenvalue weighted by atomic mass is 32.1. The first-order valence-corrected chi connectivity index (χ1v) is 9.14. The number of fused-ring (bicyclic) bond motifs is 1. The van der Waals surface area contributed by atoms with E-state index in [0.717, 1.165) is 10.6 Å². The molecule has 3 aromatic heterocycles. The molecule has 0 aliphatic rings. The number of alkyl halides is 2. The summed E-state index contributed by atoms with van der Waals surface area (Å²) in [6.07, 6.45) is 3.09. The molecule has 0 fully saturated rings. The Balaban J connectivity index is 1.62. The zero-order valence-corrected chi connectivity index (χ0v) is 15.4. The SMILES string of the molecule is Cc1cc(OC(F)F)ccc1NC(=O)c1cnn2c(-c3cccs3)ccnc12. The molecule has 1 N–H and O–H groups in total. The standard InChI is InChI=1S/C19H14F2N4O2S/c1-11-9-12(27-19(20)21)4-5-14(11)24-18(26)13-10-23-25-15(6-7-22-17(13)25)16-3-2-8-28-16/h2-10,19H,1H3,(H,24,26). The van der Waals surface area contributed by atoms with Gasteiger partial charge in [-0.15, -0.1) is 11.3 Å². The quantitative estimate of drug-likeness (QED) is 0.531. The molecule has 4 aromatic rings. The fourth-order valence-electron chi connectivity index (χ4n) is 2.80. The van der Waals surface area contributed by atoms with Crippen LogP contribution in [0.3, 0.4) is 0 Å². The van der Waals surface area contributed by atoms with Crippen molar-refractivity contribution < 1.29 is 18.3 Å². The van der Waals surface area contributed by atoms with Crippen molar-refractivity contribution >= 4 is 28.6 Å². The van der Waals surface area contributed by atoms with Gasteiger partial charge in [0.05, 0.1) is 16.8 Å². The lowest BCUT2D eigenvalue weighted by molar-refractivity contribution is -0.0498. The lowest BCUT2D eigenvalue weighted by atomic mass is 10.2. The molecule has 0 radical (unpaired) electrons. The Kier molecular flexibility index (Phi) is 4.74. The minimum absolute atomic E-state index is 0.0312. The number of thiophene rings is 1. The molecule has 0 aliphatic heterocycles. The van der Waals surface area contributed by atoms with Gasteiger partial charge in [-0.05, 0) is 48.2 Å². The van der Waals surface area contributed by atoms with E-state index in [9.17, 15) is 13.6 Å². The smallest absolute Gasteiger partial charge is 0.387 e. The minimum atomic E-state index is -2.90. The zero-order valence-electron chi connectivity index (χ0n) is 14.6. The monoisotopic (exact) mass is 400 g/mol. The van der Waals surface area contributed by atoms with Crippen LogP contribution in [0.2, 0.25) is 0 Å². The van der Waals surface area contributed by atoms with Gasteiger partial charge in [-0.2, -0.15) is 13.9 Å². The molecule has 9 heteroatoms. The molecule has 142 valence electrons. The molecule has 0 bridgehead atoms. The molecule has 0 spiro atoms. The Labute approximate surface area is 162 Å². The Hall–Kier alpha value is -3.33. The molecule has 0 aliphatic carbocycles. The summed E-state index contributed by atoms with van der Waals surface area (Å²) in [6, 6.07) is 10.1. The first kappa shape index (κ1) is 18.1. The number of halogens is 2. The molecule has 3 heterocycles. The maximum absolute atomic E-state index is 12.7. The van der Waals surface area contributed by atoms with Gasteiger partial charge >= 0.3 is 6.61 Å². The van der Waals surface area contributed by atoms with Crippen molar-refractivity contribution in [3.63, 3.8) is 0 Å². The number of aromatic nitrogens is 3. The number of ether oxygens (including phenoxy) is 1. The van der Waals surface area contributed by atoms with Gasteiger partial charge in [0.25, 0.3) is 5.91 Å². The van der Waals surface area contributed by atoms with E-state index >= 15 is 0 Å². The molecule has 28 heavy (non-hydrogen) atoms. The van der Waals surface area contributed by atoms with Crippen LogP contribution in [0, 0.1) is 6.92 Å². The Morgan fingerprint density at radius 2 is 2.14 bits per heavy atom. The lowest BCUT2D eigenvalue weighted by Crippen LogP contribution is -2.13. The third kappa shape index (κ3) is 3.44. The van der Waals surface area contributed by atoms with Gasteiger partial charge in [-0.25, -0.2) is 9.50 Å². The van der Waals surface area contributed by atoms with Crippen LogP contribution in [0.15, 0.2) is 54.2 Å². The molecule has 1 amide bonds. The average molecular weight is 400 g/mol. The van der Waals surface area contributed by atoms with Crippen molar-refractivity contribution in [2.45, 2.75) is 13.5 Å². The molecule has 4 rings (SSSR count). The Morgan fingerprint density at radius 3 is 2.86 bits per heavy atom. The Morgan fingerprint density at radius 1 is 1.29 bits per heavy atom. The lowest BCUT2D eigenvalue weighted by Gasteiger charge is -2.10. The summed E-state index contributed by atoms with van der Waals surface area (Å²) in [7, 11) is 0. The molecule has 0 atom stereocenters. The number of carbonyl (C=O) groups excluding carboxylic acids is 1. The van der Waals surface area contributed by atoms with Crippen LogP contribution in [-0.4, -0.2) is 27.1 Å². The summed E-state index contributed by atoms with van der Waals surface area (Å²) in [6.45, 7) is -1.21. The number of carbonyl (C=O) groups is 1. The summed E-state index contributed by atoms with van der Waals surface area (Å²) in [4.78, 5) is 18.0. The number of rotatable bonds is 5. The predicted octanol–water partition coefficient (Wildman–Crippen LogP) is 4.62. The summed E-state index contributed by atoms with van der Waals surface area (Å²) in [5, 5.41) is 9.03. The second kappa shape index (κ2) is 7.35. The number of amides is 1. The third-order valence-electron chi connectivity index (χ3n) is 4.09. The topological polar surface area (TPSA) is 68.5 Å². The summed E-state index contributed by atoms with van der Waals surface area (Å²) >= 11 is 1.56. The maximum Gasteiger partial charge on any atom is 0.387 e. The van der Waals surface area contributed by atoms with Crippen LogP contribution in [0.25, 0.3) is 16.2 Å². The normalized spacial score (nSPS) is 11.1. The van der Waals surface area contributed by atoms with Gasteiger partial charge in [-0.1, -0.05) is 6.07 Å². The fraction of sp³-hybridized carbons (Fsp3) is 0.105. The molecule has 0 saturated carbocycles. The second-order valence-electron chi connectivity index (χ2n) is 5.91. The van der Waals surface area contributed by atoms with Crippen LogP contribution >= 0.6 is 11.3 Å². The largest absolute Gasteiger partial charge is 0.435 e. The number of hydrogen-bond acceptors (Lipinski definition) is 5. The van der Waals surface area contributed by atoms with Gasteiger partial charge < -0.3 is 10.1 Å². The van der Waals surface area contributed by atoms with Crippen molar-refractivity contribution in [2.75, 3.05) is 5.32 Å². The van der Waals surface area contributed by atoms with Crippen LogP contribution in [0.5, 0.6) is 5.75 Å². The number of aryl methyl sites for hydroxylation is 1. The fourth-order valence-corrected chi connectivity index (χ4v) is 3.54. The third-order valence-corrected chi connectivity index (χ3v) is 4.98. The van der Waals surface area contributed by atoms with Crippen molar-refractivity contribution in [3.8, 4) is 16.3 Å². The van der Waals surface area contributed by atoms with Gasteiger partial charge in [0.15, 0.2) is 5.65 Å². The summed E-state index contributed by atoms with van der Waals surface area (Å²) < 4.78 is 30.6. The van der Waals surface area contributed by atoms with E-state index in [1.165, 1.54) is 24.4 Å². The molecule has 0 saturated heterocycles. The molecule has 1 aromatic carbocycles. The zero-order chi connectivity index (χ0) is 19.7. The predicted molar refractivity (Wildman–Crippen MR) is 102 cm³/mol. The maximum atomic E-state index is 12.7. The highest BCUT2D eigenvalue weighted by Gasteiger charge is 2.17. The van der Waals surface area contributed by atoms with Gasteiger partial charge in [0.1, 0.15) is 11.3 Å². The molecular formula is C19H14F2N4O2S. The van der Waals surface area contributed by atoms with Crippen LogP contribution in [0.1, 0.15) is 15.9 Å². The van der Waals surface area contributed by atoms with Crippen LogP contribution < -0.4 is 10.1 Å². The highest BCUT2D eigenvalue weighted by molar-refractivity contribution is 7.13. The first-order chi connectivity index (χ1) is 13.5. The highest BCUT2D eigenvalue weighted by Crippen LogP contribution is 2.26. The van der Waals surface area contributed by atoms with Gasteiger partial charge in [-0.3, -0.25) is 4.79 Å². The van der Waals surface area contributed by atoms with Crippen molar-refractivity contribution in [1.82, 2.24) is 14.6 Å². The first-order valence-electron chi connectivity index (χ1n) is 8.26. The van der Waals surface area contributed by atoms with E-state index < -0.39 is 12.5 Å². The molecule has 0 unspecified atom stereocenters. The summed E-state index contributed by atoms with van der Waals surface area (Å²) in [5.41, 5.74) is 2.66. The van der Waals surface area contributed by atoms with E-state index in [4.69, 9.17) is 0 Å². The van der Waals surface area contributed by atoms with E-state index in [1.807, 2.05) is 23.6 Å². The van der Waals surface area contributed by atoms with Crippen molar-refractivity contribution in [3.05, 3.63) is 65.3 Å². The van der Waals surface area contributed by atoms with Crippen LogP contribution in [0.4, 0.5) is 14.5 Å². The van der Waals surface area contributed by atoms with Crippen LogP contribution in [-0.2, 0) is 0 Å². The van der Waals surface area contributed by atoms with E-state index in [-0.39, 0.29) is 5.75 Å². The number of nitrogens with zero attached hydrogens (tertiary/aromatic N) is 3. The number of hydrogen-bond donors (Lipinski definition) is 1. The van der Waals surface area contributed by atoms with Gasteiger partial charge in [0.2, 0.25) is 0 Å². The van der Waals surface area contributed by atoms with Crippen molar-refractivity contribution in [1.29, 1.82) is 0 Å². The molecule has 6 nitrogen and oxygen atoms in total. The van der Waals surface area contributed by atoms with E-state index in [0.29, 0.717) is 22.5 Å². The van der Waals surface area contributed by atoms with E-state index in [1.54, 1.807) is 29.0 Å².